The second-order valence-corrected chi connectivity index (χ2v) is 8.92. The molecule has 2 unspecified atom stereocenters. The Labute approximate surface area is 186 Å². The SMILES string of the molecule is CCOc1ccc(/C(O)=C2/C(=O)C(=O)N(CC3CCCO3)C2c2sccc2C)cc1C. The largest absolute Gasteiger partial charge is 0.507 e. The maximum Gasteiger partial charge on any atom is 0.295 e. The zero-order chi connectivity index (χ0) is 22.1. The Kier molecular flexibility index (Phi) is 6.16. The highest BCUT2D eigenvalue weighted by atomic mass is 32.1. The van der Waals surface area contributed by atoms with Gasteiger partial charge in [0, 0.05) is 23.6 Å². The highest BCUT2D eigenvalue weighted by Gasteiger charge is 2.48. The number of aliphatic hydroxyl groups excluding tert-OH is 1. The number of likely N-dealkylation sites (tertiary alicyclic amines) is 1. The summed E-state index contributed by atoms with van der Waals surface area (Å²) in [5.41, 5.74) is 2.47. The van der Waals surface area contributed by atoms with Crippen LogP contribution in [0, 0.1) is 13.8 Å². The quantitative estimate of drug-likeness (QED) is 0.409. The number of thiophene rings is 1. The van der Waals surface area contributed by atoms with E-state index in [0.29, 0.717) is 25.3 Å². The minimum Gasteiger partial charge on any atom is -0.507 e. The van der Waals surface area contributed by atoms with Gasteiger partial charge in [-0.05, 0) is 74.4 Å². The fourth-order valence-electron chi connectivity index (χ4n) is 4.28. The molecular weight excluding hydrogens is 414 g/mol. The van der Waals surface area contributed by atoms with Crippen LogP contribution in [0.4, 0.5) is 0 Å². The molecule has 0 spiro atoms. The van der Waals surface area contributed by atoms with Gasteiger partial charge in [-0.2, -0.15) is 0 Å². The number of Topliss-reactive ketones (excluding diaryl/α,β-unsaturated/α-hetero) is 1. The van der Waals surface area contributed by atoms with Crippen molar-refractivity contribution < 1.29 is 24.2 Å². The molecule has 2 saturated heterocycles. The molecule has 1 amide bonds. The highest BCUT2D eigenvalue weighted by molar-refractivity contribution is 7.10. The first-order valence-corrected chi connectivity index (χ1v) is 11.5. The lowest BCUT2D eigenvalue weighted by atomic mass is 9.97. The molecule has 164 valence electrons. The first kappa shape index (κ1) is 21.6. The van der Waals surface area contributed by atoms with E-state index in [1.54, 1.807) is 23.1 Å². The molecule has 0 bridgehead atoms. The average Bonchev–Trinajstić information content (AvgIpc) is 3.46. The molecule has 2 fully saturated rings. The van der Waals surface area contributed by atoms with E-state index in [-0.39, 0.29) is 17.4 Å². The summed E-state index contributed by atoms with van der Waals surface area (Å²) in [4.78, 5) is 28.6. The van der Waals surface area contributed by atoms with Gasteiger partial charge in [-0.3, -0.25) is 9.59 Å². The van der Waals surface area contributed by atoms with Crippen molar-refractivity contribution in [1.82, 2.24) is 4.90 Å². The van der Waals surface area contributed by atoms with Crippen LogP contribution in [-0.4, -0.2) is 47.6 Å². The summed E-state index contributed by atoms with van der Waals surface area (Å²) in [5, 5.41) is 13.1. The zero-order valence-corrected chi connectivity index (χ0v) is 18.8. The molecule has 7 heteroatoms. The minimum absolute atomic E-state index is 0.0891. The number of amides is 1. The van der Waals surface area contributed by atoms with Gasteiger partial charge in [0.1, 0.15) is 11.5 Å². The Morgan fingerprint density at radius 1 is 1.26 bits per heavy atom. The molecule has 2 atom stereocenters. The second kappa shape index (κ2) is 8.85. The number of ether oxygens (including phenoxy) is 2. The number of carbonyl (C=O) groups is 2. The molecule has 0 aliphatic carbocycles. The van der Waals surface area contributed by atoms with E-state index in [0.717, 1.165) is 34.6 Å². The lowest BCUT2D eigenvalue weighted by Gasteiger charge is -2.27. The maximum atomic E-state index is 13.1. The van der Waals surface area contributed by atoms with Crippen molar-refractivity contribution in [1.29, 1.82) is 0 Å². The van der Waals surface area contributed by atoms with E-state index >= 15 is 0 Å². The topological polar surface area (TPSA) is 76.1 Å². The van der Waals surface area contributed by atoms with E-state index in [2.05, 4.69) is 0 Å². The van der Waals surface area contributed by atoms with Crippen molar-refractivity contribution in [3.63, 3.8) is 0 Å². The van der Waals surface area contributed by atoms with Crippen molar-refractivity contribution in [3.05, 3.63) is 56.8 Å². The van der Waals surface area contributed by atoms with Gasteiger partial charge in [-0.25, -0.2) is 0 Å². The van der Waals surface area contributed by atoms with Crippen molar-refractivity contribution in [3.8, 4) is 5.75 Å². The van der Waals surface area contributed by atoms with Crippen LogP contribution < -0.4 is 4.74 Å². The van der Waals surface area contributed by atoms with E-state index in [9.17, 15) is 14.7 Å². The molecule has 0 saturated carbocycles. The lowest BCUT2D eigenvalue weighted by molar-refractivity contribution is -0.140. The molecule has 1 aromatic carbocycles. The first-order chi connectivity index (χ1) is 14.9. The summed E-state index contributed by atoms with van der Waals surface area (Å²) in [6.45, 7) is 7.30. The van der Waals surface area contributed by atoms with E-state index in [1.165, 1.54) is 11.3 Å². The molecule has 0 radical (unpaired) electrons. The second-order valence-electron chi connectivity index (χ2n) is 7.97. The Morgan fingerprint density at radius 2 is 2.06 bits per heavy atom. The predicted octanol–water partition coefficient (Wildman–Crippen LogP) is 4.36. The summed E-state index contributed by atoms with van der Waals surface area (Å²) in [6, 6.07) is 6.64. The normalized spacial score (nSPS) is 23.0. The third-order valence-electron chi connectivity index (χ3n) is 5.86. The van der Waals surface area contributed by atoms with Gasteiger partial charge >= 0.3 is 0 Å². The Hall–Kier alpha value is -2.64. The van der Waals surface area contributed by atoms with E-state index in [4.69, 9.17) is 9.47 Å². The monoisotopic (exact) mass is 441 g/mol. The number of aryl methyl sites for hydroxylation is 2. The Bertz CT molecular complexity index is 1030. The van der Waals surface area contributed by atoms with Crippen molar-refractivity contribution in [2.75, 3.05) is 19.8 Å². The highest BCUT2D eigenvalue weighted by Crippen LogP contribution is 2.43. The predicted molar refractivity (Wildman–Crippen MR) is 119 cm³/mol. The van der Waals surface area contributed by atoms with Gasteiger partial charge in [0.05, 0.1) is 24.3 Å². The van der Waals surface area contributed by atoms with Crippen LogP contribution in [0.15, 0.2) is 35.2 Å². The van der Waals surface area contributed by atoms with E-state index in [1.807, 2.05) is 32.2 Å². The van der Waals surface area contributed by atoms with Crippen molar-refractivity contribution >= 4 is 28.8 Å². The fraction of sp³-hybridized carbons (Fsp3) is 0.417. The Morgan fingerprint density at radius 3 is 2.68 bits per heavy atom. The van der Waals surface area contributed by atoms with Gasteiger partial charge < -0.3 is 19.5 Å². The van der Waals surface area contributed by atoms with Gasteiger partial charge in [0.2, 0.25) is 0 Å². The van der Waals surface area contributed by atoms with Crippen LogP contribution in [-0.2, 0) is 14.3 Å². The summed E-state index contributed by atoms with van der Waals surface area (Å²) in [6.07, 6.45) is 1.72. The number of rotatable bonds is 6. The maximum absolute atomic E-state index is 13.1. The van der Waals surface area contributed by atoms with Crippen LogP contribution in [0.3, 0.4) is 0 Å². The summed E-state index contributed by atoms with van der Waals surface area (Å²) < 4.78 is 11.3. The van der Waals surface area contributed by atoms with Gasteiger partial charge in [-0.15, -0.1) is 11.3 Å². The number of nitrogens with zero attached hydrogens (tertiary/aromatic N) is 1. The van der Waals surface area contributed by atoms with E-state index < -0.39 is 17.7 Å². The number of benzene rings is 1. The van der Waals surface area contributed by atoms with Gasteiger partial charge in [0.15, 0.2) is 0 Å². The first-order valence-electron chi connectivity index (χ1n) is 10.6. The molecule has 4 rings (SSSR count). The molecule has 31 heavy (non-hydrogen) atoms. The molecule has 2 aromatic rings. The third-order valence-corrected chi connectivity index (χ3v) is 6.93. The fourth-order valence-corrected chi connectivity index (χ4v) is 5.33. The molecule has 2 aliphatic rings. The average molecular weight is 442 g/mol. The number of aliphatic hydroxyl groups is 1. The van der Waals surface area contributed by atoms with Crippen LogP contribution in [0.5, 0.6) is 5.75 Å². The van der Waals surface area contributed by atoms with Crippen LogP contribution in [0.1, 0.15) is 47.4 Å². The Balaban J connectivity index is 1.80. The molecule has 2 aliphatic heterocycles. The molecular formula is C24H27NO5S. The molecule has 6 nitrogen and oxygen atoms in total. The van der Waals surface area contributed by atoms with Crippen LogP contribution in [0.2, 0.25) is 0 Å². The number of hydrogen-bond acceptors (Lipinski definition) is 6. The molecule has 3 heterocycles. The lowest BCUT2D eigenvalue weighted by Crippen LogP contribution is -2.36. The summed E-state index contributed by atoms with van der Waals surface area (Å²) >= 11 is 1.49. The van der Waals surface area contributed by atoms with Crippen molar-refractivity contribution in [2.24, 2.45) is 0 Å². The van der Waals surface area contributed by atoms with Crippen LogP contribution >= 0.6 is 11.3 Å². The number of hydrogen-bond donors (Lipinski definition) is 1. The molecule has 1 N–H and O–H groups in total. The van der Waals surface area contributed by atoms with Crippen LogP contribution in [0.25, 0.3) is 5.76 Å². The summed E-state index contributed by atoms with van der Waals surface area (Å²) in [7, 11) is 0. The third kappa shape index (κ3) is 4.00. The molecule has 1 aromatic heterocycles. The minimum atomic E-state index is -0.653. The summed E-state index contributed by atoms with van der Waals surface area (Å²) in [5.74, 6) is -0.669. The van der Waals surface area contributed by atoms with Gasteiger partial charge in [-0.1, -0.05) is 0 Å². The number of ketones is 1. The van der Waals surface area contributed by atoms with Gasteiger partial charge in [0.25, 0.3) is 11.7 Å². The van der Waals surface area contributed by atoms with Crippen molar-refractivity contribution in [2.45, 2.75) is 45.8 Å². The smallest absolute Gasteiger partial charge is 0.295 e. The zero-order valence-electron chi connectivity index (χ0n) is 18.0. The standard InChI is InChI=1S/C24H27NO5S/c1-4-29-18-8-7-16(12-15(18)3)21(26)19-20(23-14(2)9-11-31-23)25(24(28)22(19)27)13-17-6-5-10-30-17/h7-9,11-12,17,20,26H,4-6,10,13H2,1-3H3/b21-19-. The number of carbonyl (C=O) groups excluding carboxylic acids is 2.